The standard InChI is InChI=1S/C30H32N2O5/c1-29(2)36-26-24(35-25(27(26)37-29)23(18-31)28(32)33)19-34-30(20-12-6-3-7-13-20,21-14-8-4-9-15-21)22-16-10-5-11-17-22/h3-18,24-27H,19,31H2,1-2H3,(H2,32,33)/t24-,25+,26-,27+/m1/s1. The van der Waals surface area contributed by atoms with E-state index in [9.17, 15) is 4.79 Å². The average Bonchev–Trinajstić information content (AvgIpc) is 3.40. The highest BCUT2D eigenvalue weighted by atomic mass is 16.8. The molecule has 2 saturated heterocycles. The molecular weight excluding hydrogens is 468 g/mol. The van der Waals surface area contributed by atoms with Crippen LogP contribution in [0.1, 0.15) is 30.5 Å². The molecule has 0 spiro atoms. The fourth-order valence-corrected chi connectivity index (χ4v) is 5.36. The summed E-state index contributed by atoms with van der Waals surface area (Å²) in [5.74, 6) is -1.52. The number of hydrogen-bond donors (Lipinski definition) is 2. The molecule has 0 unspecified atom stereocenters. The third kappa shape index (κ3) is 4.67. The maximum atomic E-state index is 12.1. The van der Waals surface area contributed by atoms with Crippen LogP contribution in [0.5, 0.6) is 0 Å². The predicted molar refractivity (Wildman–Crippen MR) is 139 cm³/mol. The van der Waals surface area contributed by atoms with Crippen LogP contribution in [0.15, 0.2) is 103 Å². The van der Waals surface area contributed by atoms with Crippen molar-refractivity contribution in [3.05, 3.63) is 119 Å². The van der Waals surface area contributed by atoms with Gasteiger partial charge in [0, 0.05) is 6.20 Å². The summed E-state index contributed by atoms with van der Waals surface area (Å²) < 4.78 is 25.6. The smallest absolute Gasteiger partial charge is 0.248 e. The van der Waals surface area contributed by atoms with Gasteiger partial charge in [-0.1, -0.05) is 91.0 Å². The number of rotatable bonds is 8. The molecule has 37 heavy (non-hydrogen) atoms. The molecular formula is C30H32N2O5. The van der Waals surface area contributed by atoms with Gasteiger partial charge in [-0.05, 0) is 30.5 Å². The van der Waals surface area contributed by atoms with E-state index in [2.05, 4.69) is 36.4 Å². The van der Waals surface area contributed by atoms with Crippen molar-refractivity contribution in [2.45, 2.75) is 49.7 Å². The van der Waals surface area contributed by atoms with E-state index >= 15 is 0 Å². The minimum Gasteiger partial charge on any atom is -0.404 e. The molecule has 7 heteroatoms. The van der Waals surface area contributed by atoms with Gasteiger partial charge in [0.15, 0.2) is 5.79 Å². The highest BCUT2D eigenvalue weighted by molar-refractivity contribution is 5.93. The van der Waals surface area contributed by atoms with Gasteiger partial charge in [-0.25, -0.2) is 0 Å². The van der Waals surface area contributed by atoms with Crippen molar-refractivity contribution in [2.24, 2.45) is 11.5 Å². The largest absolute Gasteiger partial charge is 0.404 e. The Hall–Kier alpha value is -3.49. The van der Waals surface area contributed by atoms with E-state index in [-0.39, 0.29) is 12.2 Å². The number of primary amides is 1. The molecule has 2 aliphatic rings. The molecule has 0 saturated carbocycles. The minimum absolute atomic E-state index is 0.152. The van der Waals surface area contributed by atoms with Gasteiger partial charge >= 0.3 is 0 Å². The summed E-state index contributed by atoms with van der Waals surface area (Å²) in [4.78, 5) is 12.1. The SMILES string of the molecule is CC1(C)O[C@@H]2[C@H](O1)[C@@H](COC(c1ccccc1)(c1ccccc1)c1ccccc1)O[C@H]2C(=CN)C(N)=O. The molecule has 4 atom stereocenters. The number of carbonyl (C=O) groups excluding carboxylic acids is 1. The first kappa shape index (κ1) is 25.2. The molecule has 5 rings (SSSR count). The Morgan fingerprint density at radius 3 is 1.76 bits per heavy atom. The fourth-order valence-electron chi connectivity index (χ4n) is 5.36. The quantitative estimate of drug-likeness (QED) is 0.362. The van der Waals surface area contributed by atoms with Gasteiger partial charge < -0.3 is 30.4 Å². The van der Waals surface area contributed by atoms with Gasteiger partial charge in [-0.3, -0.25) is 4.79 Å². The van der Waals surface area contributed by atoms with Crippen LogP contribution in [0.25, 0.3) is 0 Å². The zero-order valence-electron chi connectivity index (χ0n) is 21.0. The molecule has 2 fully saturated rings. The number of fused-ring (bicyclic) bond motifs is 1. The summed E-state index contributed by atoms with van der Waals surface area (Å²) in [6, 6.07) is 30.3. The summed E-state index contributed by atoms with van der Waals surface area (Å²) in [5.41, 5.74) is 13.5. The van der Waals surface area contributed by atoms with E-state index in [0.29, 0.717) is 0 Å². The van der Waals surface area contributed by atoms with Gasteiger partial charge in [0.25, 0.3) is 0 Å². The van der Waals surface area contributed by atoms with Crippen LogP contribution in [0.3, 0.4) is 0 Å². The van der Waals surface area contributed by atoms with Crippen LogP contribution >= 0.6 is 0 Å². The monoisotopic (exact) mass is 500 g/mol. The maximum absolute atomic E-state index is 12.1. The highest BCUT2D eigenvalue weighted by Gasteiger charge is 2.57. The Morgan fingerprint density at radius 2 is 1.32 bits per heavy atom. The lowest BCUT2D eigenvalue weighted by Gasteiger charge is -2.37. The number of carbonyl (C=O) groups is 1. The predicted octanol–water partition coefficient (Wildman–Crippen LogP) is 3.61. The van der Waals surface area contributed by atoms with Gasteiger partial charge in [-0.15, -0.1) is 0 Å². The molecule has 0 aromatic heterocycles. The molecule has 4 N–H and O–H groups in total. The second-order valence-corrected chi connectivity index (χ2v) is 9.74. The van der Waals surface area contributed by atoms with Gasteiger partial charge in [-0.2, -0.15) is 0 Å². The number of amides is 1. The van der Waals surface area contributed by atoms with E-state index in [0.717, 1.165) is 16.7 Å². The molecule has 0 radical (unpaired) electrons. The zero-order valence-corrected chi connectivity index (χ0v) is 21.0. The van der Waals surface area contributed by atoms with E-state index in [1.807, 2.05) is 68.4 Å². The summed E-state index contributed by atoms with van der Waals surface area (Å²) in [6.45, 7) is 3.82. The normalized spacial score (nSPS) is 25.1. The van der Waals surface area contributed by atoms with Crippen molar-refractivity contribution < 1.29 is 23.7 Å². The second-order valence-electron chi connectivity index (χ2n) is 9.74. The minimum atomic E-state index is -0.925. The Labute approximate surface area is 217 Å². The number of benzene rings is 3. The van der Waals surface area contributed by atoms with Crippen molar-refractivity contribution in [3.8, 4) is 0 Å². The van der Waals surface area contributed by atoms with Crippen molar-refractivity contribution in [3.63, 3.8) is 0 Å². The third-order valence-corrected chi connectivity index (χ3v) is 6.93. The van der Waals surface area contributed by atoms with E-state index in [1.54, 1.807) is 0 Å². The molecule has 0 bridgehead atoms. The van der Waals surface area contributed by atoms with Crippen molar-refractivity contribution >= 4 is 5.91 Å². The van der Waals surface area contributed by atoms with Crippen LogP contribution < -0.4 is 11.5 Å². The van der Waals surface area contributed by atoms with E-state index in [4.69, 9.17) is 30.4 Å². The number of nitrogens with two attached hydrogens (primary N) is 2. The van der Waals surface area contributed by atoms with E-state index in [1.165, 1.54) is 6.20 Å². The molecule has 7 nitrogen and oxygen atoms in total. The first-order chi connectivity index (χ1) is 17.9. The molecule has 2 heterocycles. The molecule has 2 aliphatic heterocycles. The van der Waals surface area contributed by atoms with Crippen molar-refractivity contribution in [2.75, 3.05) is 6.61 Å². The van der Waals surface area contributed by atoms with Crippen LogP contribution in [-0.2, 0) is 29.3 Å². The summed E-state index contributed by atoms with van der Waals surface area (Å²) in [5, 5.41) is 0. The Balaban J connectivity index is 1.55. The Kier molecular flexibility index (Phi) is 6.88. The molecule has 0 aliphatic carbocycles. The first-order valence-electron chi connectivity index (χ1n) is 12.4. The van der Waals surface area contributed by atoms with Crippen LogP contribution in [-0.4, -0.2) is 42.7 Å². The topological polar surface area (TPSA) is 106 Å². The second kappa shape index (κ2) is 10.1. The lowest BCUT2D eigenvalue weighted by atomic mass is 9.80. The summed E-state index contributed by atoms with van der Waals surface area (Å²) >= 11 is 0. The zero-order chi connectivity index (χ0) is 26.0. The third-order valence-electron chi connectivity index (χ3n) is 6.93. The van der Waals surface area contributed by atoms with Gasteiger partial charge in [0.05, 0.1) is 12.2 Å². The lowest BCUT2D eigenvalue weighted by Crippen LogP contribution is -2.39. The molecule has 3 aromatic carbocycles. The van der Waals surface area contributed by atoms with Crippen LogP contribution in [0.2, 0.25) is 0 Å². The lowest BCUT2D eigenvalue weighted by molar-refractivity contribution is -0.191. The Morgan fingerprint density at radius 1 is 0.865 bits per heavy atom. The van der Waals surface area contributed by atoms with Crippen molar-refractivity contribution in [1.29, 1.82) is 0 Å². The first-order valence-corrected chi connectivity index (χ1v) is 12.4. The maximum Gasteiger partial charge on any atom is 0.248 e. The summed E-state index contributed by atoms with van der Waals surface area (Å²) in [7, 11) is 0. The van der Waals surface area contributed by atoms with Crippen LogP contribution in [0, 0.1) is 0 Å². The highest BCUT2D eigenvalue weighted by Crippen LogP contribution is 2.44. The fraction of sp³-hybridized carbons (Fsp3) is 0.300. The van der Waals surface area contributed by atoms with Crippen molar-refractivity contribution in [1.82, 2.24) is 0 Å². The Bertz CT molecular complexity index is 1150. The van der Waals surface area contributed by atoms with Gasteiger partial charge in [0.1, 0.15) is 30.0 Å². The molecule has 1 amide bonds. The average molecular weight is 501 g/mol. The van der Waals surface area contributed by atoms with E-state index < -0.39 is 41.7 Å². The molecule has 3 aromatic rings. The number of ether oxygens (including phenoxy) is 4. The van der Waals surface area contributed by atoms with Gasteiger partial charge in [0.2, 0.25) is 5.91 Å². The van der Waals surface area contributed by atoms with Crippen LogP contribution in [0.4, 0.5) is 0 Å². The molecule has 192 valence electrons. The number of hydrogen-bond acceptors (Lipinski definition) is 6. The summed E-state index contributed by atoms with van der Waals surface area (Å²) in [6.07, 6.45) is -1.15.